The zero-order valence-electron chi connectivity index (χ0n) is 24.6. The van der Waals surface area contributed by atoms with E-state index in [1.165, 1.54) is 29.3 Å². The van der Waals surface area contributed by atoms with Crippen LogP contribution in [0.5, 0.6) is 5.75 Å². The molecular formula is C32H22ClF3N8O3. The van der Waals surface area contributed by atoms with E-state index in [1.54, 1.807) is 55.3 Å². The van der Waals surface area contributed by atoms with Crippen molar-refractivity contribution in [2.75, 3.05) is 17.3 Å². The first-order valence-electron chi connectivity index (χ1n) is 14.0. The van der Waals surface area contributed by atoms with Gasteiger partial charge in [-0.1, -0.05) is 35.9 Å². The molecule has 4 heterocycles. The number of ether oxygens (including phenoxy) is 1. The molecule has 3 aromatic heterocycles. The smallest absolute Gasteiger partial charge is 0.434 e. The van der Waals surface area contributed by atoms with Gasteiger partial charge in [-0.05, 0) is 48.9 Å². The second-order valence-electron chi connectivity index (χ2n) is 10.6. The van der Waals surface area contributed by atoms with Gasteiger partial charge in [-0.15, -0.1) is 0 Å². The Labute approximate surface area is 269 Å². The van der Waals surface area contributed by atoms with E-state index in [4.69, 9.17) is 16.3 Å². The Balaban J connectivity index is 1.24. The lowest BCUT2D eigenvalue weighted by Gasteiger charge is -2.19. The predicted molar refractivity (Wildman–Crippen MR) is 166 cm³/mol. The van der Waals surface area contributed by atoms with Crippen LogP contribution in [0.25, 0.3) is 22.3 Å². The van der Waals surface area contributed by atoms with Crippen LogP contribution >= 0.6 is 11.6 Å². The van der Waals surface area contributed by atoms with Crippen LogP contribution in [-0.4, -0.2) is 48.5 Å². The third kappa shape index (κ3) is 5.21. The van der Waals surface area contributed by atoms with Crippen LogP contribution in [0.3, 0.4) is 0 Å². The van der Waals surface area contributed by atoms with Crippen LogP contribution < -0.4 is 15.0 Å². The number of rotatable bonds is 7. The van der Waals surface area contributed by atoms with Gasteiger partial charge >= 0.3 is 6.18 Å². The van der Waals surface area contributed by atoms with Crippen molar-refractivity contribution in [3.8, 4) is 17.3 Å². The first-order valence-corrected chi connectivity index (χ1v) is 14.4. The summed E-state index contributed by atoms with van der Waals surface area (Å²) in [6.45, 7) is 1.92. The number of nitrogens with one attached hydrogen (secondary N) is 1. The molecule has 6 aromatic rings. The molecule has 0 spiro atoms. The van der Waals surface area contributed by atoms with Crippen LogP contribution in [0.15, 0.2) is 79.4 Å². The minimum Gasteiger partial charge on any atom is -0.497 e. The third-order valence-corrected chi connectivity index (χ3v) is 7.95. The molecule has 0 bridgehead atoms. The molecule has 0 radical (unpaired) electrons. The number of halogens is 4. The van der Waals surface area contributed by atoms with Crippen LogP contribution in [0.4, 0.5) is 24.5 Å². The number of alkyl halides is 3. The normalized spacial score (nSPS) is 12.6. The minimum absolute atomic E-state index is 0.0493. The Kier molecular flexibility index (Phi) is 7.16. The molecule has 2 amide bonds. The summed E-state index contributed by atoms with van der Waals surface area (Å²) in [7, 11) is 1.56. The first kappa shape index (κ1) is 29.9. The lowest BCUT2D eigenvalue weighted by atomic mass is 10.0. The minimum atomic E-state index is -4.98. The molecule has 3 aromatic carbocycles. The van der Waals surface area contributed by atoms with Gasteiger partial charge in [0.25, 0.3) is 11.8 Å². The zero-order chi connectivity index (χ0) is 33.0. The van der Waals surface area contributed by atoms with Crippen LogP contribution in [-0.2, 0) is 12.7 Å². The number of pyridine rings is 1. The monoisotopic (exact) mass is 658 g/mol. The van der Waals surface area contributed by atoms with Crippen LogP contribution in [0, 0.1) is 6.92 Å². The van der Waals surface area contributed by atoms with Gasteiger partial charge in [-0.25, -0.2) is 19.3 Å². The fraction of sp³-hybridized carbons (Fsp3) is 0.125. The van der Waals surface area contributed by atoms with E-state index in [1.807, 2.05) is 12.1 Å². The van der Waals surface area contributed by atoms with Gasteiger partial charge in [0.1, 0.15) is 17.9 Å². The summed E-state index contributed by atoms with van der Waals surface area (Å²) >= 11 is 6.32. The van der Waals surface area contributed by atoms with Crippen molar-refractivity contribution in [1.82, 2.24) is 29.5 Å². The van der Waals surface area contributed by atoms with E-state index < -0.39 is 23.3 Å². The van der Waals surface area contributed by atoms with Crippen molar-refractivity contribution in [2.45, 2.75) is 19.6 Å². The zero-order valence-corrected chi connectivity index (χ0v) is 25.3. The summed E-state index contributed by atoms with van der Waals surface area (Å²) in [6, 6.07) is 16.5. The molecule has 47 heavy (non-hydrogen) atoms. The van der Waals surface area contributed by atoms with Gasteiger partial charge < -0.3 is 15.0 Å². The molecule has 0 saturated carbocycles. The molecule has 1 aliphatic rings. The summed E-state index contributed by atoms with van der Waals surface area (Å²) in [5.74, 6) is 0.0164. The topological polar surface area (TPSA) is 120 Å². The molecule has 7 rings (SSSR count). The maximum atomic E-state index is 14.7. The molecule has 15 heteroatoms. The van der Waals surface area contributed by atoms with Crippen molar-refractivity contribution in [2.24, 2.45) is 0 Å². The Morgan fingerprint density at radius 1 is 1.02 bits per heavy atom. The Morgan fingerprint density at radius 3 is 2.47 bits per heavy atom. The molecule has 11 nitrogen and oxygen atoms in total. The number of benzene rings is 3. The Morgan fingerprint density at radius 2 is 1.79 bits per heavy atom. The lowest BCUT2D eigenvalue weighted by molar-refractivity contribution is -0.143. The van der Waals surface area contributed by atoms with Gasteiger partial charge in [0.2, 0.25) is 0 Å². The standard InChI is InChI=1S/C32H22ClF3N8O3/c1-17-38-16-43(41-17)29-24(33)12-19(13-37-29)40-30(45)23-14-39-44(28(23)32(34,35)36)25-10-11-26-27-21(25)4-3-5-22(27)31(46)42(26)15-18-6-8-20(47-2)9-7-18/h3-14,16H,15H2,1-2H3,(H,40,45). The fourth-order valence-electron chi connectivity index (χ4n) is 5.57. The summed E-state index contributed by atoms with van der Waals surface area (Å²) in [6.07, 6.45) is -1.48. The highest BCUT2D eigenvalue weighted by atomic mass is 35.5. The van der Waals surface area contributed by atoms with Crippen molar-refractivity contribution >= 4 is 45.6 Å². The van der Waals surface area contributed by atoms with Crippen molar-refractivity contribution in [3.63, 3.8) is 0 Å². The molecular weight excluding hydrogens is 637 g/mol. The Bertz CT molecular complexity index is 2210. The number of anilines is 2. The van der Waals surface area contributed by atoms with E-state index in [0.29, 0.717) is 38.3 Å². The number of aryl methyl sites for hydroxylation is 1. The maximum Gasteiger partial charge on any atom is 0.434 e. The highest BCUT2D eigenvalue weighted by molar-refractivity contribution is 6.32. The number of methoxy groups -OCH3 is 1. The van der Waals surface area contributed by atoms with E-state index in [9.17, 15) is 22.8 Å². The fourth-order valence-corrected chi connectivity index (χ4v) is 5.82. The van der Waals surface area contributed by atoms with Crippen LogP contribution in [0.2, 0.25) is 5.02 Å². The van der Waals surface area contributed by atoms with Gasteiger partial charge in [0, 0.05) is 16.3 Å². The predicted octanol–water partition coefficient (Wildman–Crippen LogP) is 6.40. The van der Waals surface area contributed by atoms with Gasteiger partial charge in [-0.2, -0.15) is 23.4 Å². The van der Waals surface area contributed by atoms with Crippen LogP contribution in [0.1, 0.15) is 37.8 Å². The number of nitrogens with zero attached hydrogens (tertiary/aromatic N) is 7. The highest BCUT2D eigenvalue weighted by Crippen LogP contribution is 2.42. The number of hydrogen-bond acceptors (Lipinski definition) is 7. The quantitative estimate of drug-likeness (QED) is 0.211. The molecule has 236 valence electrons. The Hall–Kier alpha value is -5.76. The number of aromatic nitrogens is 6. The molecule has 1 N–H and O–H groups in total. The van der Waals surface area contributed by atoms with Gasteiger partial charge in [0.15, 0.2) is 11.5 Å². The van der Waals surface area contributed by atoms with Gasteiger partial charge in [0.05, 0.1) is 53.7 Å². The number of amides is 2. The number of carbonyl (C=O) groups is 2. The summed E-state index contributed by atoms with van der Waals surface area (Å²) < 4.78 is 51.2. The molecule has 0 aliphatic carbocycles. The summed E-state index contributed by atoms with van der Waals surface area (Å²) in [4.78, 5) is 36.5. The second kappa shape index (κ2) is 11.2. The molecule has 0 atom stereocenters. The van der Waals surface area contributed by atoms with E-state index >= 15 is 0 Å². The van der Waals surface area contributed by atoms with Crippen molar-refractivity contribution in [3.05, 3.63) is 113 Å². The molecule has 0 fully saturated rings. The average Bonchev–Trinajstić information content (AvgIpc) is 3.76. The first-order chi connectivity index (χ1) is 22.5. The SMILES string of the molecule is COc1ccc(CN2C(=O)c3cccc4c(-n5ncc(C(=O)Nc6cnc(-n7cnc(C)n7)c(Cl)c6)c5C(F)(F)F)ccc2c34)cc1. The van der Waals surface area contributed by atoms with Gasteiger partial charge in [-0.3, -0.25) is 9.59 Å². The number of carbonyl (C=O) groups excluding carboxylic acids is 2. The lowest BCUT2D eigenvalue weighted by Crippen LogP contribution is -2.26. The summed E-state index contributed by atoms with van der Waals surface area (Å²) in [5.41, 5.74) is -0.163. The summed E-state index contributed by atoms with van der Waals surface area (Å²) in [5, 5.41) is 11.5. The maximum absolute atomic E-state index is 14.7. The second-order valence-corrected chi connectivity index (χ2v) is 11.0. The van der Waals surface area contributed by atoms with E-state index in [0.717, 1.165) is 11.8 Å². The average molecular weight is 659 g/mol. The highest BCUT2D eigenvalue weighted by Gasteiger charge is 2.41. The largest absolute Gasteiger partial charge is 0.497 e. The van der Waals surface area contributed by atoms with Crippen molar-refractivity contribution < 1.29 is 27.5 Å². The third-order valence-electron chi connectivity index (χ3n) is 7.68. The van der Waals surface area contributed by atoms with Crippen molar-refractivity contribution in [1.29, 1.82) is 0 Å². The van der Waals surface area contributed by atoms with E-state index in [2.05, 4.69) is 25.5 Å². The molecule has 1 aliphatic heterocycles. The molecule has 0 unspecified atom stereocenters. The van der Waals surface area contributed by atoms with E-state index in [-0.39, 0.29) is 34.7 Å². The molecule has 0 saturated heterocycles. The number of hydrogen-bond donors (Lipinski definition) is 1.